The normalized spacial score (nSPS) is 14.8. The van der Waals surface area contributed by atoms with Gasteiger partial charge in [0.15, 0.2) is 23.1 Å². The summed E-state index contributed by atoms with van der Waals surface area (Å²) in [4.78, 5) is 12.3. The van der Waals surface area contributed by atoms with E-state index in [1.54, 1.807) is 0 Å². The Hall–Kier alpha value is -1.88. The minimum Gasteiger partial charge on any atom is -0.502 e. The molecule has 0 spiro atoms. The quantitative estimate of drug-likeness (QED) is 0.686. The third-order valence-electron chi connectivity index (χ3n) is 2.46. The van der Waals surface area contributed by atoms with Crippen LogP contribution >= 0.6 is 11.3 Å². The Kier molecular flexibility index (Phi) is 2.63. The summed E-state index contributed by atoms with van der Waals surface area (Å²) in [5.41, 5.74) is 0.0170. The molecule has 1 aromatic carbocycles. The van der Waals surface area contributed by atoms with Gasteiger partial charge in [-0.25, -0.2) is 4.39 Å². The molecule has 0 amide bonds. The highest BCUT2D eigenvalue weighted by atomic mass is 32.1. The van der Waals surface area contributed by atoms with E-state index in [2.05, 4.69) is 0 Å². The van der Waals surface area contributed by atoms with Crippen LogP contribution in [0.4, 0.5) is 4.39 Å². The Morgan fingerprint density at radius 1 is 1.63 bits per heavy atom. The number of carbonyl (C=O) groups is 1. The molecule has 1 N–H and O–H groups in total. The Labute approximate surface area is 118 Å². The SMILES string of the molecule is [2H]C(C(=O)c1cc2c(F)c(O)c(OC)cc2s1)=C(C)C([2H])[2H]. The number of hydrogen-bond donors (Lipinski definition) is 1. The molecule has 0 bridgehead atoms. The van der Waals surface area contributed by atoms with E-state index in [1.807, 2.05) is 0 Å². The van der Waals surface area contributed by atoms with E-state index in [0.717, 1.165) is 11.3 Å². The third kappa shape index (κ3) is 2.46. The summed E-state index contributed by atoms with van der Waals surface area (Å²) in [5, 5.41) is 9.70. The van der Waals surface area contributed by atoms with Crippen LogP contribution in [0.25, 0.3) is 10.1 Å². The molecule has 0 saturated heterocycles. The Balaban J connectivity index is 2.57. The number of benzene rings is 1. The van der Waals surface area contributed by atoms with Crippen LogP contribution in [0.1, 0.15) is 27.6 Å². The number of ether oxygens (including phenoxy) is 1. The van der Waals surface area contributed by atoms with Gasteiger partial charge in [-0.3, -0.25) is 4.79 Å². The highest BCUT2D eigenvalue weighted by Crippen LogP contribution is 2.39. The average Bonchev–Trinajstić information content (AvgIpc) is 2.92. The first-order valence-electron chi connectivity index (χ1n) is 6.99. The number of aromatic hydroxyl groups is 1. The van der Waals surface area contributed by atoms with Crippen LogP contribution < -0.4 is 4.74 Å². The second kappa shape index (κ2) is 5.01. The Morgan fingerprint density at radius 2 is 2.37 bits per heavy atom. The van der Waals surface area contributed by atoms with Crippen LogP contribution in [0, 0.1) is 5.82 Å². The summed E-state index contributed by atoms with van der Waals surface area (Å²) in [5.74, 6) is -2.25. The van der Waals surface area contributed by atoms with Crippen LogP contribution in [0.5, 0.6) is 11.5 Å². The first-order valence-corrected chi connectivity index (χ1v) is 6.15. The number of allylic oxidation sites excluding steroid dienone is 2. The molecule has 19 heavy (non-hydrogen) atoms. The van der Waals surface area contributed by atoms with Gasteiger partial charge in [-0.2, -0.15) is 0 Å². The molecule has 0 unspecified atom stereocenters. The number of thiophene rings is 1. The molecule has 0 aliphatic carbocycles. The smallest absolute Gasteiger partial charge is 0.195 e. The minimum absolute atomic E-state index is 0.0170. The van der Waals surface area contributed by atoms with Crippen molar-refractivity contribution in [2.45, 2.75) is 13.8 Å². The molecule has 100 valence electrons. The fourth-order valence-electron chi connectivity index (χ4n) is 1.62. The number of hydrogen-bond acceptors (Lipinski definition) is 4. The van der Waals surface area contributed by atoms with Crippen molar-refractivity contribution in [3.63, 3.8) is 0 Å². The second-order valence-electron chi connectivity index (χ2n) is 3.90. The van der Waals surface area contributed by atoms with Gasteiger partial charge >= 0.3 is 0 Å². The van der Waals surface area contributed by atoms with Crippen molar-refractivity contribution in [3.8, 4) is 11.5 Å². The minimum atomic E-state index is -1.41. The van der Waals surface area contributed by atoms with Crippen molar-refractivity contribution in [2.24, 2.45) is 0 Å². The van der Waals surface area contributed by atoms with Gasteiger partial charge in [0, 0.05) is 18.9 Å². The summed E-state index contributed by atoms with van der Waals surface area (Å²) < 4.78 is 41.5. The van der Waals surface area contributed by atoms with Gasteiger partial charge in [-0.15, -0.1) is 11.3 Å². The fraction of sp³-hybridized carbons (Fsp3) is 0.214. The van der Waals surface area contributed by atoms with E-state index in [4.69, 9.17) is 8.85 Å². The van der Waals surface area contributed by atoms with Gasteiger partial charge in [0.05, 0.1) is 13.4 Å². The van der Waals surface area contributed by atoms with Crippen molar-refractivity contribution < 1.29 is 23.1 Å². The zero-order chi connectivity index (χ0) is 16.6. The molecular formula is C14H13FO3S. The number of carbonyl (C=O) groups excluding carboxylic acids is 1. The molecule has 1 aromatic heterocycles. The molecule has 0 aliphatic heterocycles. The molecule has 0 radical (unpaired) electrons. The molecule has 3 nitrogen and oxygen atoms in total. The van der Waals surface area contributed by atoms with Crippen LogP contribution in [0.3, 0.4) is 0 Å². The number of rotatable bonds is 3. The topological polar surface area (TPSA) is 46.5 Å². The molecule has 5 heteroatoms. The molecule has 1 heterocycles. The second-order valence-corrected chi connectivity index (χ2v) is 4.98. The van der Waals surface area contributed by atoms with E-state index < -0.39 is 30.3 Å². The van der Waals surface area contributed by atoms with E-state index in [-0.39, 0.29) is 21.6 Å². The summed E-state index contributed by atoms with van der Waals surface area (Å²) in [6, 6.07) is 2.22. The number of fused-ring (bicyclic) bond motifs is 1. The standard InChI is InChI=1S/C14H13FO3S/c1-7(2)4-9(16)12-5-8-11(19-12)6-10(18-3)14(17)13(8)15/h4-6,17H,1-3H3/i1D2,4D. The van der Waals surface area contributed by atoms with Gasteiger partial charge in [0.1, 0.15) is 0 Å². The molecular weight excluding hydrogens is 267 g/mol. The zero-order valence-electron chi connectivity index (χ0n) is 13.3. The average molecular weight is 283 g/mol. The van der Waals surface area contributed by atoms with Gasteiger partial charge in [-0.1, -0.05) is 5.57 Å². The maximum Gasteiger partial charge on any atom is 0.195 e. The molecule has 2 rings (SSSR count). The van der Waals surface area contributed by atoms with Crippen molar-refractivity contribution in [2.75, 3.05) is 7.11 Å². The summed E-state index contributed by atoms with van der Waals surface area (Å²) in [6.45, 7) is -0.0417. The van der Waals surface area contributed by atoms with Gasteiger partial charge in [-0.05, 0) is 25.9 Å². The summed E-state index contributed by atoms with van der Waals surface area (Å²) >= 11 is 0.958. The lowest BCUT2D eigenvalue weighted by atomic mass is 10.2. The van der Waals surface area contributed by atoms with Crippen molar-refractivity contribution in [1.29, 1.82) is 0 Å². The van der Waals surface area contributed by atoms with Crippen LogP contribution in [0.15, 0.2) is 23.8 Å². The van der Waals surface area contributed by atoms with Crippen LogP contribution in [-0.4, -0.2) is 18.0 Å². The van der Waals surface area contributed by atoms with Crippen LogP contribution in [-0.2, 0) is 0 Å². The Bertz CT molecular complexity index is 783. The zero-order valence-corrected chi connectivity index (χ0v) is 11.1. The van der Waals surface area contributed by atoms with E-state index in [1.165, 1.54) is 26.2 Å². The van der Waals surface area contributed by atoms with Gasteiger partial charge < -0.3 is 9.84 Å². The predicted octanol–water partition coefficient (Wildman–Crippen LogP) is 3.90. The number of phenols is 1. The van der Waals surface area contributed by atoms with E-state index in [9.17, 15) is 14.3 Å². The summed E-state index contributed by atoms with van der Waals surface area (Å²) in [6.07, 6.45) is 0. The fourth-order valence-corrected chi connectivity index (χ4v) is 2.60. The first-order chi connectivity index (χ1) is 10.3. The number of halogens is 1. The molecule has 0 atom stereocenters. The largest absolute Gasteiger partial charge is 0.502 e. The van der Waals surface area contributed by atoms with Crippen molar-refractivity contribution in [3.05, 3.63) is 34.5 Å². The van der Waals surface area contributed by atoms with Gasteiger partial charge in [0.2, 0.25) is 0 Å². The predicted molar refractivity (Wildman–Crippen MR) is 73.8 cm³/mol. The molecule has 0 aliphatic rings. The molecule has 2 aromatic rings. The lowest BCUT2D eigenvalue weighted by molar-refractivity contribution is 0.105. The number of phenolic OH excluding ortho intramolecular Hbond substituents is 1. The van der Waals surface area contributed by atoms with Crippen molar-refractivity contribution in [1.82, 2.24) is 0 Å². The lowest BCUT2D eigenvalue weighted by Crippen LogP contribution is -1.90. The highest BCUT2D eigenvalue weighted by molar-refractivity contribution is 7.21. The van der Waals surface area contributed by atoms with Crippen molar-refractivity contribution >= 4 is 27.2 Å². The molecule has 0 fully saturated rings. The highest BCUT2D eigenvalue weighted by Gasteiger charge is 2.17. The summed E-state index contributed by atoms with van der Waals surface area (Å²) in [7, 11) is 1.29. The monoisotopic (exact) mass is 283 g/mol. The Morgan fingerprint density at radius 3 is 3.00 bits per heavy atom. The maximum absolute atomic E-state index is 14.1. The number of ketones is 1. The lowest BCUT2D eigenvalue weighted by Gasteiger charge is -2.04. The molecule has 0 saturated carbocycles. The maximum atomic E-state index is 14.1. The van der Waals surface area contributed by atoms with Crippen LogP contribution in [0.2, 0.25) is 0 Å². The van der Waals surface area contributed by atoms with E-state index >= 15 is 0 Å². The van der Waals surface area contributed by atoms with E-state index in [0.29, 0.717) is 4.70 Å². The third-order valence-corrected chi connectivity index (χ3v) is 3.54. The van der Waals surface area contributed by atoms with Gasteiger partial charge in [0.25, 0.3) is 0 Å². The first kappa shape index (κ1) is 9.97. The number of methoxy groups -OCH3 is 1.